The maximum Gasteiger partial charge on any atom is 0.165 e. The second-order valence-corrected chi connectivity index (χ2v) is 10.6. The predicted molar refractivity (Wildman–Crippen MR) is 110 cm³/mol. The van der Waals surface area contributed by atoms with E-state index in [1.54, 1.807) is 0 Å². The zero-order valence-corrected chi connectivity index (χ0v) is 18.4. The number of phenolic OH excluding ortho intramolecular Hbond substituents is 2. The summed E-state index contributed by atoms with van der Waals surface area (Å²) in [7, 11) is 0. The molecule has 0 radical (unpaired) electrons. The molecule has 0 amide bonds. The minimum atomic E-state index is -0.386. The number of aromatic hydroxyl groups is 2. The van der Waals surface area contributed by atoms with Crippen molar-refractivity contribution >= 4 is 70.2 Å². The first-order valence-electron chi connectivity index (χ1n) is 7.90. The molecule has 0 unspecified atom stereocenters. The molecule has 1 aromatic rings. The minimum absolute atomic E-state index is 0.0292. The van der Waals surface area contributed by atoms with Gasteiger partial charge in [-0.2, -0.15) is 0 Å². The second kappa shape index (κ2) is 7.66. The fourth-order valence-electron chi connectivity index (χ4n) is 2.70. The molecular formula is C18H14O6S4. The fourth-order valence-corrected chi connectivity index (χ4v) is 8.52. The predicted octanol–water partition coefficient (Wildman–Crippen LogP) is 4.27. The maximum atomic E-state index is 11.8. The normalized spacial score (nSPS) is 14.6. The standard InChI is InChI=1S/C18H14O6S4/c1-5(19)9(6(2)20)17-25-13-11(23)15-16(12(24)14(13)26-17)28-18(27-15)10(7(3)21)8(4)22/h23-24H,1-4H3. The van der Waals surface area contributed by atoms with Gasteiger partial charge in [0.05, 0.1) is 39.2 Å². The molecule has 0 atom stereocenters. The number of hydrogen-bond acceptors (Lipinski definition) is 10. The van der Waals surface area contributed by atoms with Gasteiger partial charge in [0.1, 0.15) is 11.5 Å². The van der Waals surface area contributed by atoms with E-state index < -0.39 is 0 Å². The first-order valence-corrected chi connectivity index (χ1v) is 11.2. The highest BCUT2D eigenvalue weighted by Gasteiger charge is 2.38. The summed E-state index contributed by atoms with van der Waals surface area (Å²) in [5, 5.41) is 21.5. The Labute approximate surface area is 177 Å². The molecule has 2 N–H and O–H groups in total. The molecule has 0 aliphatic carbocycles. The Morgan fingerprint density at radius 2 is 0.750 bits per heavy atom. The zero-order chi connectivity index (χ0) is 20.9. The molecule has 0 saturated carbocycles. The molecule has 2 aliphatic rings. The van der Waals surface area contributed by atoms with Crippen LogP contribution in [0.25, 0.3) is 0 Å². The highest BCUT2D eigenvalue weighted by Crippen LogP contribution is 2.67. The lowest BCUT2D eigenvalue weighted by molar-refractivity contribution is -0.120. The van der Waals surface area contributed by atoms with Crippen LogP contribution in [0.2, 0.25) is 0 Å². The van der Waals surface area contributed by atoms with Gasteiger partial charge in [-0.3, -0.25) is 19.2 Å². The van der Waals surface area contributed by atoms with Gasteiger partial charge in [0.15, 0.2) is 23.1 Å². The summed E-state index contributed by atoms with van der Waals surface area (Å²) in [6.45, 7) is 5.17. The molecule has 0 aromatic heterocycles. The number of fused-ring (bicyclic) bond motifs is 2. The Morgan fingerprint density at radius 1 is 0.536 bits per heavy atom. The molecule has 3 rings (SSSR count). The van der Waals surface area contributed by atoms with Crippen LogP contribution in [-0.4, -0.2) is 33.3 Å². The first kappa shape index (κ1) is 21.1. The Kier molecular flexibility index (Phi) is 5.77. The number of ketones is 4. The molecule has 28 heavy (non-hydrogen) atoms. The van der Waals surface area contributed by atoms with Gasteiger partial charge in [-0.15, -0.1) is 0 Å². The average molecular weight is 455 g/mol. The van der Waals surface area contributed by atoms with Crippen LogP contribution >= 0.6 is 47.0 Å². The SMILES string of the molecule is CC(=O)C(C(C)=O)=C1Sc2c(O)c3c(c(O)c2S1)SC(=C(C(C)=O)C(C)=O)S3. The largest absolute Gasteiger partial charge is 0.505 e. The third-order valence-corrected chi connectivity index (χ3v) is 9.09. The summed E-state index contributed by atoms with van der Waals surface area (Å²) in [6.07, 6.45) is 0. The lowest BCUT2D eigenvalue weighted by Gasteiger charge is -2.08. The van der Waals surface area contributed by atoms with Crippen LogP contribution in [0, 0.1) is 0 Å². The van der Waals surface area contributed by atoms with Gasteiger partial charge in [-0.25, -0.2) is 0 Å². The summed E-state index contributed by atoms with van der Waals surface area (Å²) in [4.78, 5) is 48.7. The number of allylic oxidation sites excluding steroid dienone is 2. The lowest BCUT2D eigenvalue weighted by Crippen LogP contribution is -2.07. The summed E-state index contributed by atoms with van der Waals surface area (Å²) in [5.41, 5.74) is 0.0583. The number of phenols is 2. The van der Waals surface area contributed by atoms with Gasteiger partial charge in [0.2, 0.25) is 0 Å². The van der Waals surface area contributed by atoms with Crippen molar-refractivity contribution in [3.05, 3.63) is 19.6 Å². The highest BCUT2D eigenvalue weighted by atomic mass is 32.2. The van der Waals surface area contributed by atoms with Crippen LogP contribution < -0.4 is 0 Å². The third kappa shape index (κ3) is 3.42. The first-order chi connectivity index (χ1) is 13.0. The maximum absolute atomic E-state index is 11.8. The molecule has 10 heteroatoms. The molecule has 2 aliphatic heterocycles. The number of benzene rings is 1. The minimum Gasteiger partial charge on any atom is -0.505 e. The zero-order valence-electron chi connectivity index (χ0n) is 15.2. The number of carbonyl (C=O) groups excluding carboxylic acids is 4. The third-order valence-electron chi connectivity index (χ3n) is 3.87. The van der Waals surface area contributed by atoms with Crippen molar-refractivity contribution < 1.29 is 29.4 Å². The van der Waals surface area contributed by atoms with Crippen molar-refractivity contribution in [2.75, 3.05) is 0 Å². The van der Waals surface area contributed by atoms with Crippen LogP contribution in [0.4, 0.5) is 0 Å². The highest BCUT2D eigenvalue weighted by molar-refractivity contribution is 8.26. The number of rotatable bonds is 4. The Hall–Kier alpha value is -1.62. The van der Waals surface area contributed by atoms with Crippen molar-refractivity contribution in [1.29, 1.82) is 0 Å². The van der Waals surface area contributed by atoms with Gasteiger partial charge >= 0.3 is 0 Å². The second-order valence-electron chi connectivity index (χ2n) is 5.97. The van der Waals surface area contributed by atoms with Crippen molar-refractivity contribution in [2.45, 2.75) is 47.3 Å². The van der Waals surface area contributed by atoms with Gasteiger partial charge < -0.3 is 10.2 Å². The van der Waals surface area contributed by atoms with E-state index >= 15 is 0 Å². The van der Waals surface area contributed by atoms with E-state index in [4.69, 9.17) is 0 Å². The molecule has 0 bridgehead atoms. The van der Waals surface area contributed by atoms with Crippen LogP contribution in [0.15, 0.2) is 39.2 Å². The number of Topliss-reactive ketones (excluding diaryl/α,β-unsaturated/α-hetero) is 4. The van der Waals surface area contributed by atoms with Crippen LogP contribution in [-0.2, 0) is 19.2 Å². The van der Waals surface area contributed by atoms with Crippen LogP contribution in [0.3, 0.4) is 0 Å². The summed E-state index contributed by atoms with van der Waals surface area (Å²) < 4.78 is 0.811. The summed E-state index contributed by atoms with van der Waals surface area (Å²) >= 11 is 4.19. The van der Waals surface area contributed by atoms with Gasteiger partial charge in [0, 0.05) is 0 Å². The van der Waals surface area contributed by atoms with E-state index in [1.165, 1.54) is 27.7 Å². The summed E-state index contributed by atoms with van der Waals surface area (Å²) in [5.74, 6) is -1.76. The summed E-state index contributed by atoms with van der Waals surface area (Å²) in [6, 6.07) is 0. The number of hydrogen-bond donors (Lipinski definition) is 2. The van der Waals surface area contributed by atoms with E-state index in [1.807, 2.05) is 0 Å². The van der Waals surface area contributed by atoms with Gasteiger partial charge in [-0.1, -0.05) is 47.0 Å². The molecular weight excluding hydrogens is 440 g/mol. The molecule has 146 valence electrons. The smallest absolute Gasteiger partial charge is 0.165 e. The van der Waals surface area contributed by atoms with Crippen LogP contribution in [0.1, 0.15) is 27.7 Å². The van der Waals surface area contributed by atoms with Crippen molar-refractivity contribution in [1.82, 2.24) is 0 Å². The Morgan fingerprint density at radius 3 is 0.929 bits per heavy atom. The van der Waals surface area contributed by atoms with Gasteiger partial charge in [-0.05, 0) is 27.7 Å². The molecule has 0 saturated heterocycles. The topological polar surface area (TPSA) is 109 Å². The van der Waals surface area contributed by atoms with Crippen molar-refractivity contribution in [2.24, 2.45) is 0 Å². The Balaban J connectivity index is 2.14. The number of carbonyl (C=O) groups is 4. The van der Waals surface area contributed by atoms with Crippen molar-refractivity contribution in [3.8, 4) is 11.5 Å². The van der Waals surface area contributed by atoms with E-state index in [0.29, 0.717) is 28.1 Å². The quantitative estimate of drug-likeness (QED) is 0.296. The average Bonchev–Trinajstić information content (AvgIpc) is 3.16. The van der Waals surface area contributed by atoms with Gasteiger partial charge in [0.25, 0.3) is 0 Å². The van der Waals surface area contributed by atoms with E-state index in [2.05, 4.69) is 0 Å². The Bertz CT molecular complexity index is 895. The lowest BCUT2D eigenvalue weighted by atomic mass is 10.1. The van der Waals surface area contributed by atoms with Crippen molar-refractivity contribution in [3.63, 3.8) is 0 Å². The molecule has 0 fully saturated rings. The molecule has 2 heterocycles. The monoisotopic (exact) mass is 454 g/mol. The number of thioether (sulfide) groups is 4. The molecule has 1 aromatic carbocycles. The van der Waals surface area contributed by atoms with E-state index in [9.17, 15) is 29.4 Å². The van der Waals surface area contributed by atoms with E-state index in [-0.39, 0.29) is 45.8 Å². The molecule has 0 spiro atoms. The van der Waals surface area contributed by atoms with E-state index in [0.717, 1.165) is 47.0 Å². The fraction of sp³-hybridized carbons (Fsp3) is 0.222. The van der Waals surface area contributed by atoms with Crippen LogP contribution in [0.5, 0.6) is 11.5 Å². The molecule has 6 nitrogen and oxygen atoms in total.